The van der Waals surface area contributed by atoms with Gasteiger partial charge in [0.1, 0.15) is 5.75 Å². The predicted molar refractivity (Wildman–Crippen MR) is 65.5 cm³/mol. The van der Waals surface area contributed by atoms with Crippen molar-refractivity contribution in [1.82, 2.24) is 0 Å². The van der Waals surface area contributed by atoms with Crippen molar-refractivity contribution >= 4 is 19.0 Å². The summed E-state index contributed by atoms with van der Waals surface area (Å²) in [7, 11) is -1.88. The predicted octanol–water partition coefficient (Wildman–Crippen LogP) is 4.13. The number of halogens is 1. The molecule has 1 N–H and O–H groups in total. The van der Waals surface area contributed by atoms with E-state index in [1.807, 2.05) is 19.1 Å². The van der Waals surface area contributed by atoms with Crippen molar-refractivity contribution in [3.63, 3.8) is 0 Å². The van der Waals surface area contributed by atoms with E-state index in [-0.39, 0.29) is 5.41 Å². The quantitative estimate of drug-likeness (QED) is 0.795. The first-order chi connectivity index (χ1) is 6.80. The van der Waals surface area contributed by atoms with Gasteiger partial charge in [-0.3, -0.25) is 0 Å². The van der Waals surface area contributed by atoms with Crippen LogP contribution in [-0.4, -0.2) is 4.89 Å². The molecule has 1 atom stereocenters. The topological polar surface area (TPSA) is 29.5 Å². The zero-order valence-electron chi connectivity index (χ0n) is 9.41. The Hall–Kier alpha value is -0.300. The summed E-state index contributed by atoms with van der Waals surface area (Å²) in [5, 5.41) is 0. The molecule has 0 aliphatic rings. The average molecular weight is 247 g/mol. The van der Waals surface area contributed by atoms with Gasteiger partial charge >= 0.3 is 7.73 Å². The Balaban J connectivity index is 3.15. The first kappa shape index (κ1) is 12.8. The van der Waals surface area contributed by atoms with Gasteiger partial charge in [-0.05, 0) is 29.6 Å². The van der Waals surface area contributed by atoms with Crippen LogP contribution in [-0.2, 0) is 5.41 Å². The lowest BCUT2D eigenvalue weighted by molar-refractivity contribution is 0.484. The Morgan fingerprint density at radius 3 is 2.40 bits per heavy atom. The van der Waals surface area contributed by atoms with Gasteiger partial charge in [0, 0.05) is 5.56 Å². The summed E-state index contributed by atoms with van der Waals surface area (Å²) in [6.07, 6.45) is 0. The van der Waals surface area contributed by atoms with E-state index in [0.29, 0.717) is 5.75 Å². The Kier molecular flexibility index (Phi) is 3.99. The Morgan fingerprint density at radius 2 is 1.93 bits per heavy atom. The molecule has 0 amide bonds. The van der Waals surface area contributed by atoms with Gasteiger partial charge in [-0.2, -0.15) is 0 Å². The third-order valence-corrected chi connectivity index (χ3v) is 2.67. The molecule has 0 heterocycles. The monoisotopic (exact) mass is 246 g/mol. The van der Waals surface area contributed by atoms with Crippen molar-refractivity contribution in [1.29, 1.82) is 0 Å². The molecule has 1 aromatic rings. The summed E-state index contributed by atoms with van der Waals surface area (Å²) in [4.78, 5) is 9.07. The smallest absolute Gasteiger partial charge is 0.335 e. The van der Waals surface area contributed by atoms with Crippen molar-refractivity contribution in [2.24, 2.45) is 0 Å². The molecule has 4 heteroatoms. The Bertz CT molecular complexity index is 345. The molecule has 0 radical (unpaired) electrons. The van der Waals surface area contributed by atoms with Crippen LogP contribution in [0.5, 0.6) is 5.75 Å². The van der Waals surface area contributed by atoms with Gasteiger partial charge in [0.15, 0.2) is 0 Å². The summed E-state index contributed by atoms with van der Waals surface area (Å²) in [6, 6.07) is 5.86. The van der Waals surface area contributed by atoms with E-state index in [2.05, 4.69) is 26.8 Å². The molecule has 84 valence electrons. The minimum atomic E-state index is -1.88. The highest BCUT2D eigenvalue weighted by Crippen LogP contribution is 2.42. The second-order valence-corrected chi connectivity index (χ2v) is 6.07. The molecular formula is C11H16ClO2P. The first-order valence-electron chi connectivity index (χ1n) is 4.74. The number of benzene rings is 1. The summed E-state index contributed by atoms with van der Waals surface area (Å²) >= 11 is 5.47. The average Bonchev–Trinajstić information content (AvgIpc) is 2.05. The molecule has 0 bridgehead atoms. The van der Waals surface area contributed by atoms with E-state index in [1.54, 1.807) is 0 Å². The SMILES string of the molecule is Cc1ccc(OP(O)Cl)c(C(C)(C)C)c1. The summed E-state index contributed by atoms with van der Waals surface area (Å²) in [5.74, 6) is 0.664. The maximum atomic E-state index is 9.07. The first-order valence-corrected chi connectivity index (χ1v) is 6.86. The van der Waals surface area contributed by atoms with Crippen LogP contribution in [0.4, 0.5) is 0 Å². The molecule has 15 heavy (non-hydrogen) atoms. The molecule has 1 unspecified atom stereocenters. The highest BCUT2D eigenvalue weighted by molar-refractivity contribution is 7.75. The van der Waals surface area contributed by atoms with Crippen LogP contribution in [0, 0.1) is 6.92 Å². The third-order valence-electron chi connectivity index (χ3n) is 2.12. The van der Waals surface area contributed by atoms with Crippen LogP contribution < -0.4 is 4.52 Å². The van der Waals surface area contributed by atoms with Crippen LogP contribution >= 0.6 is 19.0 Å². The van der Waals surface area contributed by atoms with E-state index >= 15 is 0 Å². The second kappa shape index (κ2) is 4.69. The van der Waals surface area contributed by atoms with Gasteiger partial charge in [0.05, 0.1) is 0 Å². The molecule has 1 rings (SSSR count). The number of rotatable bonds is 2. The molecule has 0 saturated heterocycles. The fourth-order valence-electron chi connectivity index (χ4n) is 1.39. The fraction of sp³-hybridized carbons (Fsp3) is 0.455. The number of hydrogen-bond donors (Lipinski definition) is 1. The van der Waals surface area contributed by atoms with Gasteiger partial charge in [-0.25, -0.2) is 0 Å². The second-order valence-electron chi connectivity index (χ2n) is 4.57. The molecule has 0 aromatic heterocycles. The third kappa shape index (κ3) is 3.64. The lowest BCUT2D eigenvalue weighted by Crippen LogP contribution is -2.12. The van der Waals surface area contributed by atoms with Gasteiger partial charge in [0.25, 0.3) is 0 Å². The Labute approximate surface area is 96.9 Å². The van der Waals surface area contributed by atoms with E-state index in [4.69, 9.17) is 20.7 Å². The van der Waals surface area contributed by atoms with Crippen LogP contribution in [0.1, 0.15) is 31.9 Å². The molecular weight excluding hydrogens is 231 g/mol. The maximum Gasteiger partial charge on any atom is 0.335 e. The van der Waals surface area contributed by atoms with Crippen molar-refractivity contribution < 1.29 is 9.42 Å². The van der Waals surface area contributed by atoms with Gasteiger partial charge in [-0.15, -0.1) is 0 Å². The standard InChI is InChI=1S/C11H16ClO2P/c1-8-5-6-10(14-15(12)13)9(7-8)11(2,3)4/h5-7,13H,1-4H3. The van der Waals surface area contributed by atoms with Crippen LogP contribution in [0.3, 0.4) is 0 Å². The maximum absolute atomic E-state index is 9.07. The fourth-order valence-corrected chi connectivity index (χ4v) is 1.94. The van der Waals surface area contributed by atoms with Crippen molar-refractivity contribution in [2.75, 3.05) is 0 Å². The van der Waals surface area contributed by atoms with E-state index in [9.17, 15) is 0 Å². The van der Waals surface area contributed by atoms with Gasteiger partial charge < -0.3 is 9.42 Å². The minimum Gasteiger partial charge on any atom is -0.436 e. The summed E-state index contributed by atoms with van der Waals surface area (Å²) < 4.78 is 5.21. The van der Waals surface area contributed by atoms with Gasteiger partial charge in [-0.1, -0.05) is 38.5 Å². The van der Waals surface area contributed by atoms with E-state index < -0.39 is 7.73 Å². The molecule has 2 nitrogen and oxygen atoms in total. The molecule has 0 saturated carbocycles. The molecule has 0 spiro atoms. The van der Waals surface area contributed by atoms with Crippen molar-refractivity contribution in [2.45, 2.75) is 33.1 Å². The largest absolute Gasteiger partial charge is 0.436 e. The molecule has 1 aromatic carbocycles. The minimum absolute atomic E-state index is 0.0242. The summed E-state index contributed by atoms with van der Waals surface area (Å²) in [6.45, 7) is 8.33. The lowest BCUT2D eigenvalue weighted by atomic mass is 9.85. The summed E-state index contributed by atoms with van der Waals surface area (Å²) in [5.41, 5.74) is 2.21. The normalized spacial score (nSPS) is 13.7. The van der Waals surface area contributed by atoms with Crippen LogP contribution in [0.2, 0.25) is 0 Å². The van der Waals surface area contributed by atoms with E-state index in [1.165, 1.54) is 5.56 Å². The lowest BCUT2D eigenvalue weighted by Gasteiger charge is -2.23. The Morgan fingerprint density at radius 1 is 1.33 bits per heavy atom. The van der Waals surface area contributed by atoms with Gasteiger partial charge in [0.2, 0.25) is 0 Å². The van der Waals surface area contributed by atoms with Crippen LogP contribution in [0.25, 0.3) is 0 Å². The zero-order valence-corrected chi connectivity index (χ0v) is 11.1. The number of aryl methyl sites for hydroxylation is 1. The highest BCUT2D eigenvalue weighted by Gasteiger charge is 2.20. The van der Waals surface area contributed by atoms with E-state index in [0.717, 1.165) is 5.56 Å². The van der Waals surface area contributed by atoms with Crippen molar-refractivity contribution in [3.8, 4) is 5.75 Å². The molecule has 0 aliphatic carbocycles. The highest BCUT2D eigenvalue weighted by atomic mass is 35.7. The zero-order chi connectivity index (χ0) is 11.6. The molecule has 0 aliphatic heterocycles. The molecule has 0 fully saturated rings. The number of hydrogen-bond acceptors (Lipinski definition) is 2. The van der Waals surface area contributed by atoms with Crippen molar-refractivity contribution in [3.05, 3.63) is 29.3 Å². The van der Waals surface area contributed by atoms with Crippen LogP contribution in [0.15, 0.2) is 18.2 Å².